The number of rotatable bonds is 3. The quantitative estimate of drug-likeness (QED) is 0.613. The highest BCUT2D eigenvalue weighted by atomic mass is 16.6. The van der Waals surface area contributed by atoms with Gasteiger partial charge in [-0.2, -0.15) is 5.26 Å². The Labute approximate surface area is 145 Å². The molecule has 0 bridgehead atoms. The number of nitrogens with zero attached hydrogens (tertiary/aromatic N) is 3. The summed E-state index contributed by atoms with van der Waals surface area (Å²) in [6, 6.07) is 14.4. The summed E-state index contributed by atoms with van der Waals surface area (Å²) in [5, 5.41) is 20.0. The van der Waals surface area contributed by atoms with Crippen LogP contribution >= 0.6 is 0 Å². The molecule has 2 aromatic rings. The summed E-state index contributed by atoms with van der Waals surface area (Å²) >= 11 is 0. The number of fused-ring (bicyclic) bond motifs is 1. The number of hydrogen-bond acceptors (Lipinski definition) is 4. The van der Waals surface area contributed by atoms with Gasteiger partial charge in [-0.3, -0.25) is 10.1 Å². The number of likely N-dealkylation sites (N-methyl/N-ethyl adjacent to an activating group) is 1. The number of nitro groups is 1. The minimum absolute atomic E-state index is 0.0846. The summed E-state index contributed by atoms with van der Waals surface area (Å²) in [7, 11) is 1.99. The topological polar surface area (TPSA) is 70.2 Å². The molecule has 1 aliphatic heterocycles. The average molecular weight is 329 g/mol. The molecule has 5 nitrogen and oxygen atoms in total. The van der Waals surface area contributed by atoms with E-state index in [1.807, 2.05) is 43.5 Å². The first-order valence-corrected chi connectivity index (χ1v) is 7.68. The van der Waals surface area contributed by atoms with Crippen LogP contribution in [-0.4, -0.2) is 12.0 Å². The molecule has 0 aromatic heterocycles. The second-order valence-electron chi connectivity index (χ2n) is 5.54. The number of anilines is 1. The van der Waals surface area contributed by atoms with Crippen LogP contribution in [0.2, 0.25) is 0 Å². The van der Waals surface area contributed by atoms with Crippen LogP contribution < -0.4 is 4.90 Å². The fraction of sp³-hybridized carbons (Fsp3) is 0.0500. The van der Waals surface area contributed by atoms with Gasteiger partial charge in [-0.1, -0.05) is 36.4 Å². The van der Waals surface area contributed by atoms with Crippen molar-refractivity contribution < 1.29 is 4.92 Å². The van der Waals surface area contributed by atoms with Gasteiger partial charge in [-0.25, -0.2) is 0 Å². The molecule has 0 atom stereocenters. The van der Waals surface area contributed by atoms with Crippen molar-refractivity contribution in [3.8, 4) is 6.07 Å². The monoisotopic (exact) mass is 329 g/mol. The Hall–Kier alpha value is -3.65. The highest BCUT2D eigenvalue weighted by molar-refractivity contribution is 5.76. The maximum absolute atomic E-state index is 10.8. The molecule has 5 heteroatoms. The van der Waals surface area contributed by atoms with Crippen LogP contribution in [0.25, 0.3) is 12.2 Å². The van der Waals surface area contributed by atoms with Crippen molar-refractivity contribution in [3.63, 3.8) is 0 Å². The van der Waals surface area contributed by atoms with Crippen LogP contribution in [0.15, 0.2) is 66.4 Å². The molecule has 122 valence electrons. The largest absolute Gasteiger partial charge is 0.344 e. The van der Waals surface area contributed by atoms with Crippen LogP contribution in [-0.2, 0) is 0 Å². The van der Waals surface area contributed by atoms with Crippen molar-refractivity contribution in [2.45, 2.75) is 0 Å². The van der Waals surface area contributed by atoms with Gasteiger partial charge in [-0.15, -0.1) is 0 Å². The van der Waals surface area contributed by atoms with Crippen LogP contribution in [0, 0.1) is 21.4 Å². The molecule has 0 amide bonds. The second kappa shape index (κ2) is 6.85. The third-order valence-corrected chi connectivity index (χ3v) is 4.03. The SMILES string of the molecule is CN1C(=CC=Cc2ccc([N+](=O)[O-])cc2C#N)C=Cc2ccccc21. The van der Waals surface area contributed by atoms with Crippen molar-refractivity contribution in [3.05, 3.63) is 93.2 Å². The molecule has 0 N–H and O–H groups in total. The fourth-order valence-corrected chi connectivity index (χ4v) is 2.68. The third-order valence-electron chi connectivity index (χ3n) is 4.03. The molecule has 0 fully saturated rings. The van der Waals surface area contributed by atoms with Gasteiger partial charge in [-0.05, 0) is 35.4 Å². The molecule has 0 aliphatic carbocycles. The molecule has 0 radical (unpaired) electrons. The average Bonchev–Trinajstić information content (AvgIpc) is 2.63. The van der Waals surface area contributed by atoms with E-state index in [1.165, 1.54) is 12.1 Å². The first kappa shape index (κ1) is 16.2. The predicted molar refractivity (Wildman–Crippen MR) is 98.8 cm³/mol. The van der Waals surface area contributed by atoms with Gasteiger partial charge in [0.1, 0.15) is 6.07 Å². The number of benzene rings is 2. The van der Waals surface area contributed by atoms with Crippen molar-refractivity contribution in [2.75, 3.05) is 11.9 Å². The van der Waals surface area contributed by atoms with Crippen LogP contribution in [0.5, 0.6) is 0 Å². The number of hydrogen-bond donors (Lipinski definition) is 0. The van der Waals surface area contributed by atoms with E-state index in [9.17, 15) is 15.4 Å². The lowest BCUT2D eigenvalue weighted by Gasteiger charge is -2.26. The molecule has 0 saturated heterocycles. The van der Waals surface area contributed by atoms with E-state index < -0.39 is 4.92 Å². The van der Waals surface area contributed by atoms with E-state index in [0.717, 1.165) is 16.9 Å². The Morgan fingerprint density at radius 3 is 2.76 bits per heavy atom. The van der Waals surface area contributed by atoms with E-state index in [1.54, 1.807) is 12.1 Å². The van der Waals surface area contributed by atoms with Crippen molar-refractivity contribution in [1.82, 2.24) is 0 Å². The zero-order valence-electron chi connectivity index (χ0n) is 13.6. The van der Waals surface area contributed by atoms with Crippen LogP contribution in [0.1, 0.15) is 16.7 Å². The van der Waals surface area contributed by atoms with Crippen molar-refractivity contribution in [2.24, 2.45) is 0 Å². The fourth-order valence-electron chi connectivity index (χ4n) is 2.68. The first-order chi connectivity index (χ1) is 12.1. The van der Waals surface area contributed by atoms with Gasteiger partial charge < -0.3 is 4.90 Å². The van der Waals surface area contributed by atoms with Crippen molar-refractivity contribution >= 4 is 23.5 Å². The van der Waals surface area contributed by atoms with Gasteiger partial charge in [0.15, 0.2) is 0 Å². The lowest BCUT2D eigenvalue weighted by atomic mass is 10.1. The lowest BCUT2D eigenvalue weighted by Crippen LogP contribution is -2.18. The standard InChI is InChI=1S/C20H15N3O2/c1-22-18(11-10-16-5-2-3-8-20(16)22)7-4-6-15-9-12-19(23(24)25)13-17(15)14-21/h2-13H,1H3. The lowest BCUT2D eigenvalue weighted by molar-refractivity contribution is -0.384. The van der Waals surface area contributed by atoms with Crippen LogP contribution in [0.3, 0.4) is 0 Å². The van der Waals surface area contributed by atoms with Crippen LogP contribution in [0.4, 0.5) is 11.4 Å². The number of nitriles is 1. The summed E-state index contributed by atoms with van der Waals surface area (Å²) in [6.45, 7) is 0. The Morgan fingerprint density at radius 2 is 2.00 bits per heavy atom. The summed E-state index contributed by atoms with van der Waals surface area (Å²) < 4.78 is 0. The second-order valence-corrected chi connectivity index (χ2v) is 5.54. The van der Waals surface area contributed by atoms with Crippen molar-refractivity contribution in [1.29, 1.82) is 5.26 Å². The highest BCUT2D eigenvalue weighted by Crippen LogP contribution is 2.29. The summed E-state index contributed by atoms with van der Waals surface area (Å²) in [5.74, 6) is 0. The number of nitro benzene ring substituents is 1. The van der Waals surface area contributed by atoms with E-state index in [4.69, 9.17) is 0 Å². The number of allylic oxidation sites excluding steroid dienone is 3. The Bertz CT molecular complexity index is 965. The first-order valence-electron chi connectivity index (χ1n) is 7.68. The maximum atomic E-state index is 10.8. The van der Waals surface area contributed by atoms with E-state index >= 15 is 0 Å². The van der Waals surface area contributed by atoms with E-state index in [2.05, 4.69) is 23.1 Å². The Kier molecular flexibility index (Phi) is 4.44. The zero-order chi connectivity index (χ0) is 17.8. The molecule has 2 aromatic carbocycles. The predicted octanol–water partition coefficient (Wildman–Crippen LogP) is 4.53. The zero-order valence-corrected chi connectivity index (χ0v) is 13.6. The smallest absolute Gasteiger partial charge is 0.270 e. The maximum Gasteiger partial charge on any atom is 0.270 e. The number of para-hydroxylation sites is 1. The van der Waals surface area contributed by atoms with E-state index in [-0.39, 0.29) is 11.3 Å². The van der Waals surface area contributed by atoms with Gasteiger partial charge in [0.25, 0.3) is 5.69 Å². The molecule has 0 saturated carbocycles. The minimum Gasteiger partial charge on any atom is -0.344 e. The van der Waals surface area contributed by atoms with Gasteiger partial charge in [0, 0.05) is 30.6 Å². The van der Waals surface area contributed by atoms with Gasteiger partial charge >= 0.3 is 0 Å². The molecule has 1 heterocycles. The highest BCUT2D eigenvalue weighted by Gasteiger charge is 2.12. The summed E-state index contributed by atoms with van der Waals surface area (Å²) in [5.41, 5.74) is 4.13. The summed E-state index contributed by atoms with van der Waals surface area (Å²) in [4.78, 5) is 12.4. The molecular weight excluding hydrogens is 314 g/mol. The third kappa shape index (κ3) is 3.33. The molecule has 25 heavy (non-hydrogen) atoms. The Morgan fingerprint density at radius 1 is 1.20 bits per heavy atom. The van der Waals surface area contributed by atoms with E-state index in [0.29, 0.717) is 5.56 Å². The molecule has 0 unspecified atom stereocenters. The molecule has 1 aliphatic rings. The van der Waals surface area contributed by atoms with Gasteiger partial charge in [0.2, 0.25) is 0 Å². The number of non-ortho nitro benzene ring substituents is 1. The summed E-state index contributed by atoms with van der Waals surface area (Å²) in [6.07, 6.45) is 9.63. The van der Waals surface area contributed by atoms with Gasteiger partial charge in [0.05, 0.1) is 10.5 Å². The molecule has 3 rings (SSSR count). The minimum atomic E-state index is -0.504. The molecule has 0 spiro atoms. The Balaban J connectivity index is 1.86. The normalized spacial score (nSPS) is 14.6. The molecular formula is C20H15N3O2.